The lowest BCUT2D eigenvalue weighted by Crippen LogP contribution is -2.21. The number of nitrogens with zero attached hydrogens (tertiary/aromatic N) is 3. The van der Waals surface area contributed by atoms with Gasteiger partial charge >= 0.3 is 12.2 Å². The summed E-state index contributed by atoms with van der Waals surface area (Å²) in [5, 5.41) is 0. The van der Waals surface area contributed by atoms with Gasteiger partial charge in [-0.15, -0.1) is 0 Å². The van der Waals surface area contributed by atoms with Gasteiger partial charge in [-0.2, -0.15) is 18.2 Å². The Morgan fingerprint density at radius 3 is 2.21 bits per heavy atom. The Kier molecular flexibility index (Phi) is 5.65. The van der Waals surface area contributed by atoms with Gasteiger partial charge in [-0.3, -0.25) is 0 Å². The smallest absolute Gasteiger partial charge is 0.421 e. The highest BCUT2D eigenvalue weighted by molar-refractivity contribution is 5.63. The number of benzene rings is 1. The Bertz CT molecular complexity index is 826. The van der Waals surface area contributed by atoms with E-state index >= 15 is 0 Å². The predicted octanol–water partition coefficient (Wildman–Crippen LogP) is 6.24. The molecule has 0 spiro atoms. The monoisotopic (exact) mass is 405 g/mol. The fraction of sp³-hybridized carbons (Fsp3) is 0.545. The molecule has 0 radical (unpaired) electrons. The summed E-state index contributed by atoms with van der Waals surface area (Å²) in [6.07, 6.45) is 5.01. The lowest BCUT2D eigenvalue weighted by atomic mass is 9.97. The van der Waals surface area contributed by atoms with E-state index in [0.29, 0.717) is 11.6 Å². The van der Waals surface area contributed by atoms with Crippen LogP contribution in [0, 0.1) is 0 Å². The summed E-state index contributed by atoms with van der Waals surface area (Å²) in [6, 6.07) is 7.79. The zero-order chi connectivity index (χ0) is 20.4. The quantitative estimate of drug-likeness (QED) is 0.590. The van der Waals surface area contributed by atoms with E-state index in [-0.39, 0.29) is 17.9 Å². The van der Waals surface area contributed by atoms with E-state index in [0.717, 1.165) is 31.9 Å². The van der Waals surface area contributed by atoms with Crippen LogP contribution < -0.4 is 9.64 Å². The average molecular weight is 405 g/mol. The van der Waals surface area contributed by atoms with Gasteiger partial charge < -0.3 is 9.64 Å². The molecule has 2 fully saturated rings. The molecule has 29 heavy (non-hydrogen) atoms. The molecule has 0 atom stereocenters. The van der Waals surface area contributed by atoms with Crippen LogP contribution in [0.25, 0.3) is 0 Å². The molecule has 2 aliphatic rings. The molecule has 0 unspecified atom stereocenters. The lowest BCUT2D eigenvalue weighted by molar-refractivity contribution is -0.137. The van der Waals surface area contributed by atoms with Gasteiger partial charge in [-0.1, -0.05) is 25.0 Å². The summed E-state index contributed by atoms with van der Waals surface area (Å²) < 4.78 is 46.5. The summed E-state index contributed by atoms with van der Waals surface area (Å²) in [6.45, 7) is 0. The highest BCUT2D eigenvalue weighted by atomic mass is 19.4. The Morgan fingerprint density at radius 1 is 0.966 bits per heavy atom. The van der Waals surface area contributed by atoms with Crippen molar-refractivity contribution < 1.29 is 17.9 Å². The van der Waals surface area contributed by atoms with Gasteiger partial charge in [-0.25, -0.2) is 4.98 Å². The minimum absolute atomic E-state index is 0.00863. The molecule has 4 nitrogen and oxygen atoms in total. The Morgan fingerprint density at radius 2 is 1.59 bits per heavy atom. The summed E-state index contributed by atoms with van der Waals surface area (Å²) >= 11 is 0. The maximum atomic E-state index is 13.6. The van der Waals surface area contributed by atoms with E-state index in [1.807, 2.05) is 24.3 Å². The number of alkyl halides is 3. The van der Waals surface area contributed by atoms with E-state index in [2.05, 4.69) is 9.97 Å². The summed E-state index contributed by atoms with van der Waals surface area (Å²) in [5.41, 5.74) is 1.05. The number of ether oxygens (including phenoxy) is 1. The third kappa shape index (κ3) is 4.49. The first-order valence-electron chi connectivity index (χ1n) is 10.4. The van der Waals surface area contributed by atoms with Crippen LogP contribution in [0.2, 0.25) is 0 Å². The van der Waals surface area contributed by atoms with Crippen molar-refractivity contribution in [1.82, 2.24) is 9.97 Å². The van der Waals surface area contributed by atoms with Crippen molar-refractivity contribution in [2.75, 3.05) is 11.9 Å². The fourth-order valence-corrected chi connectivity index (χ4v) is 4.38. The third-order valence-corrected chi connectivity index (χ3v) is 6.05. The SMILES string of the molecule is CN(c1ccc(C2CCCC2)cc1)c1nc(OC2CCCC2)ncc1C(F)(F)F. The van der Waals surface area contributed by atoms with Crippen molar-refractivity contribution in [1.29, 1.82) is 0 Å². The fourth-order valence-electron chi connectivity index (χ4n) is 4.38. The second-order valence-electron chi connectivity index (χ2n) is 8.04. The van der Waals surface area contributed by atoms with E-state index in [1.54, 1.807) is 7.05 Å². The molecule has 0 saturated heterocycles. The molecule has 0 amide bonds. The van der Waals surface area contributed by atoms with Gasteiger partial charge in [0.2, 0.25) is 0 Å². The topological polar surface area (TPSA) is 38.2 Å². The Labute approximate surface area is 169 Å². The first-order chi connectivity index (χ1) is 13.9. The van der Waals surface area contributed by atoms with Gasteiger partial charge in [0.25, 0.3) is 0 Å². The third-order valence-electron chi connectivity index (χ3n) is 6.05. The maximum Gasteiger partial charge on any atom is 0.421 e. The zero-order valence-electron chi connectivity index (χ0n) is 16.6. The highest BCUT2D eigenvalue weighted by Gasteiger charge is 2.37. The predicted molar refractivity (Wildman–Crippen MR) is 106 cm³/mol. The van der Waals surface area contributed by atoms with Crippen LogP contribution in [-0.2, 0) is 6.18 Å². The summed E-state index contributed by atoms with van der Waals surface area (Å²) in [5.74, 6) is 0.375. The molecule has 156 valence electrons. The second-order valence-corrected chi connectivity index (χ2v) is 8.04. The first kappa shape index (κ1) is 20.0. The van der Waals surface area contributed by atoms with Crippen LogP contribution >= 0.6 is 0 Å². The molecule has 2 aromatic rings. The molecule has 4 rings (SSSR count). The van der Waals surface area contributed by atoms with Gasteiger partial charge in [0.05, 0.1) is 0 Å². The van der Waals surface area contributed by atoms with Crippen molar-refractivity contribution in [3.63, 3.8) is 0 Å². The maximum absolute atomic E-state index is 13.6. The van der Waals surface area contributed by atoms with Crippen molar-refractivity contribution >= 4 is 11.5 Å². The molecule has 0 N–H and O–H groups in total. The van der Waals surface area contributed by atoms with Gasteiger partial charge in [-0.05, 0) is 62.1 Å². The minimum Gasteiger partial charge on any atom is -0.460 e. The van der Waals surface area contributed by atoms with E-state index in [9.17, 15) is 13.2 Å². The summed E-state index contributed by atoms with van der Waals surface area (Å²) in [7, 11) is 1.60. The lowest BCUT2D eigenvalue weighted by Gasteiger charge is -2.23. The standard InChI is InChI=1S/C22H26F3N3O/c1-28(17-12-10-16(11-13-17)15-6-2-3-7-15)20-19(22(23,24)25)14-26-21(27-20)29-18-8-4-5-9-18/h10-15,18H,2-9H2,1H3. The molecular formula is C22H26F3N3O. The Balaban J connectivity index is 1.61. The molecule has 0 bridgehead atoms. The molecule has 1 aromatic heterocycles. The van der Waals surface area contributed by atoms with Crippen LogP contribution in [0.1, 0.15) is 68.4 Å². The minimum atomic E-state index is -4.54. The number of rotatable bonds is 5. The largest absolute Gasteiger partial charge is 0.460 e. The van der Waals surface area contributed by atoms with Crippen LogP contribution in [0.15, 0.2) is 30.5 Å². The molecule has 1 aromatic carbocycles. The van der Waals surface area contributed by atoms with Crippen LogP contribution in [-0.4, -0.2) is 23.1 Å². The van der Waals surface area contributed by atoms with E-state index in [4.69, 9.17) is 4.74 Å². The zero-order valence-corrected chi connectivity index (χ0v) is 16.6. The molecule has 0 aliphatic heterocycles. The number of hydrogen-bond acceptors (Lipinski definition) is 4. The molecule has 1 heterocycles. The molecule has 7 heteroatoms. The summed E-state index contributed by atoms with van der Waals surface area (Å²) in [4.78, 5) is 9.45. The molecule has 2 aliphatic carbocycles. The number of hydrogen-bond donors (Lipinski definition) is 0. The van der Waals surface area contributed by atoms with Crippen molar-refractivity contribution in [3.8, 4) is 6.01 Å². The molecule has 2 saturated carbocycles. The molecular weight excluding hydrogens is 379 g/mol. The van der Waals surface area contributed by atoms with Gasteiger partial charge in [0.1, 0.15) is 11.7 Å². The van der Waals surface area contributed by atoms with Crippen molar-refractivity contribution in [3.05, 3.63) is 41.6 Å². The number of halogens is 3. The average Bonchev–Trinajstić information content (AvgIpc) is 3.41. The van der Waals surface area contributed by atoms with Crippen molar-refractivity contribution in [2.24, 2.45) is 0 Å². The van der Waals surface area contributed by atoms with Crippen LogP contribution in [0.4, 0.5) is 24.7 Å². The van der Waals surface area contributed by atoms with E-state index in [1.165, 1.54) is 36.1 Å². The number of aromatic nitrogens is 2. The second kappa shape index (κ2) is 8.20. The number of anilines is 2. The highest BCUT2D eigenvalue weighted by Crippen LogP contribution is 2.39. The van der Waals surface area contributed by atoms with Gasteiger partial charge in [0.15, 0.2) is 5.82 Å². The first-order valence-corrected chi connectivity index (χ1v) is 10.4. The van der Waals surface area contributed by atoms with E-state index < -0.39 is 11.7 Å². The normalized spacial score (nSPS) is 18.3. The van der Waals surface area contributed by atoms with Gasteiger partial charge in [0, 0.05) is 18.9 Å². The Hall–Kier alpha value is -2.31. The van der Waals surface area contributed by atoms with Crippen LogP contribution in [0.3, 0.4) is 0 Å². The van der Waals surface area contributed by atoms with Crippen LogP contribution in [0.5, 0.6) is 6.01 Å². The van der Waals surface area contributed by atoms with Crippen molar-refractivity contribution in [2.45, 2.75) is 69.6 Å².